The second kappa shape index (κ2) is 10.2. The first-order valence-electron chi connectivity index (χ1n) is 6.91. The molecule has 116 valence electrons. The molecule has 0 aliphatic rings. The lowest BCUT2D eigenvalue weighted by Crippen LogP contribution is -2.41. The van der Waals surface area contributed by atoms with E-state index in [1.54, 1.807) is 0 Å². The maximum Gasteiger partial charge on any atom is 0.326 e. The molecule has 0 bridgehead atoms. The maximum absolute atomic E-state index is 11.7. The molecule has 0 aromatic heterocycles. The van der Waals surface area contributed by atoms with E-state index in [9.17, 15) is 14.4 Å². The number of rotatable bonds is 11. The molecule has 0 fully saturated rings. The van der Waals surface area contributed by atoms with Gasteiger partial charge in [-0.25, -0.2) is 4.79 Å². The van der Waals surface area contributed by atoms with Crippen molar-refractivity contribution in [1.82, 2.24) is 5.32 Å². The lowest BCUT2D eigenvalue weighted by atomic mass is 9.96. The molecule has 0 spiro atoms. The zero-order valence-corrected chi connectivity index (χ0v) is 11.9. The number of carbonyl (C=O) groups is 3. The number of hydrogen-bond donors (Lipinski definition) is 4. The largest absolute Gasteiger partial charge is 0.480 e. The number of carboxylic acids is 1. The van der Waals surface area contributed by atoms with Crippen molar-refractivity contribution in [3.8, 4) is 0 Å². The zero-order chi connectivity index (χ0) is 15.5. The van der Waals surface area contributed by atoms with Gasteiger partial charge in [-0.15, -0.1) is 0 Å². The number of carbonyl (C=O) groups excluding carboxylic acids is 2. The normalized spacial score (nSPS) is 13.5. The molecule has 0 aliphatic carbocycles. The fourth-order valence-electron chi connectivity index (χ4n) is 1.93. The first kappa shape index (κ1) is 18.4. The fraction of sp³-hybridized carbons (Fsp3) is 0.769. The van der Waals surface area contributed by atoms with Crippen LogP contribution in [0.5, 0.6) is 0 Å². The Morgan fingerprint density at radius 3 is 2.25 bits per heavy atom. The topological polar surface area (TPSA) is 136 Å². The minimum atomic E-state index is -1.16. The van der Waals surface area contributed by atoms with Crippen molar-refractivity contribution >= 4 is 17.8 Å². The highest BCUT2D eigenvalue weighted by atomic mass is 16.4. The summed E-state index contributed by atoms with van der Waals surface area (Å²) in [5.74, 6) is -1.69. The van der Waals surface area contributed by atoms with Crippen molar-refractivity contribution in [3.05, 3.63) is 0 Å². The average molecular weight is 287 g/mol. The average Bonchev–Trinajstić information content (AvgIpc) is 2.38. The first-order valence-corrected chi connectivity index (χ1v) is 6.91. The Labute approximate surface area is 119 Å². The van der Waals surface area contributed by atoms with Gasteiger partial charge in [-0.3, -0.25) is 9.59 Å². The SMILES string of the molecule is CCC(CCN)CCC(=O)N[C@H](CCC(N)=O)C(=O)O. The van der Waals surface area contributed by atoms with Gasteiger partial charge in [0.2, 0.25) is 11.8 Å². The minimum absolute atomic E-state index is 0.0103. The maximum atomic E-state index is 11.7. The van der Waals surface area contributed by atoms with Crippen molar-refractivity contribution in [3.63, 3.8) is 0 Å². The molecule has 0 radical (unpaired) electrons. The quantitative estimate of drug-likeness (QED) is 0.423. The van der Waals surface area contributed by atoms with E-state index in [2.05, 4.69) is 5.32 Å². The van der Waals surface area contributed by atoms with Crippen molar-refractivity contribution < 1.29 is 19.5 Å². The molecule has 20 heavy (non-hydrogen) atoms. The molecule has 1 unspecified atom stereocenters. The number of aliphatic carboxylic acids is 1. The van der Waals surface area contributed by atoms with E-state index in [0.717, 1.165) is 12.8 Å². The molecule has 0 aromatic rings. The van der Waals surface area contributed by atoms with Crippen LogP contribution in [0.25, 0.3) is 0 Å². The molecule has 7 nitrogen and oxygen atoms in total. The van der Waals surface area contributed by atoms with Gasteiger partial charge in [0.1, 0.15) is 6.04 Å². The Morgan fingerprint density at radius 1 is 1.15 bits per heavy atom. The summed E-state index contributed by atoms with van der Waals surface area (Å²) in [6.07, 6.45) is 2.68. The Morgan fingerprint density at radius 2 is 1.80 bits per heavy atom. The van der Waals surface area contributed by atoms with Crippen molar-refractivity contribution in [2.75, 3.05) is 6.54 Å². The highest BCUT2D eigenvalue weighted by Crippen LogP contribution is 2.14. The van der Waals surface area contributed by atoms with Crippen molar-refractivity contribution in [1.29, 1.82) is 0 Å². The molecule has 0 saturated carbocycles. The summed E-state index contributed by atoms with van der Waals surface area (Å²) < 4.78 is 0. The van der Waals surface area contributed by atoms with Gasteiger partial charge in [0, 0.05) is 12.8 Å². The number of nitrogens with two attached hydrogens (primary N) is 2. The third-order valence-electron chi connectivity index (χ3n) is 3.24. The van der Waals surface area contributed by atoms with Gasteiger partial charge in [0.05, 0.1) is 0 Å². The molecular formula is C13H25N3O4. The van der Waals surface area contributed by atoms with E-state index in [1.807, 2.05) is 6.92 Å². The number of hydrogen-bond acceptors (Lipinski definition) is 4. The van der Waals surface area contributed by atoms with Gasteiger partial charge in [0.25, 0.3) is 0 Å². The van der Waals surface area contributed by atoms with E-state index < -0.39 is 17.9 Å². The Hall–Kier alpha value is -1.63. The molecule has 0 heterocycles. The van der Waals surface area contributed by atoms with Gasteiger partial charge in [-0.05, 0) is 31.7 Å². The van der Waals surface area contributed by atoms with Crippen LogP contribution < -0.4 is 16.8 Å². The smallest absolute Gasteiger partial charge is 0.326 e. The second-order valence-corrected chi connectivity index (χ2v) is 4.85. The molecule has 6 N–H and O–H groups in total. The van der Waals surface area contributed by atoms with Gasteiger partial charge in [-0.2, -0.15) is 0 Å². The van der Waals surface area contributed by atoms with Gasteiger partial charge < -0.3 is 21.9 Å². The molecule has 2 atom stereocenters. The van der Waals surface area contributed by atoms with Crippen LogP contribution in [-0.2, 0) is 14.4 Å². The summed E-state index contributed by atoms with van der Waals surface area (Å²) in [4.78, 5) is 33.3. The summed E-state index contributed by atoms with van der Waals surface area (Å²) in [6.45, 7) is 2.61. The summed E-state index contributed by atoms with van der Waals surface area (Å²) in [6, 6.07) is -1.07. The highest BCUT2D eigenvalue weighted by Gasteiger charge is 2.20. The Balaban J connectivity index is 4.18. The molecule has 7 heteroatoms. The number of primary amides is 1. The summed E-state index contributed by atoms with van der Waals surface area (Å²) in [5.41, 5.74) is 10.4. The van der Waals surface area contributed by atoms with Gasteiger partial charge in [-0.1, -0.05) is 13.3 Å². The predicted octanol–water partition coefficient (Wildman–Crippen LogP) is -0.0235. The molecule has 0 aliphatic heterocycles. The Kier molecular flexibility index (Phi) is 9.36. The third-order valence-corrected chi connectivity index (χ3v) is 3.24. The van der Waals surface area contributed by atoms with Crippen molar-refractivity contribution in [2.45, 2.75) is 51.5 Å². The summed E-state index contributed by atoms with van der Waals surface area (Å²) >= 11 is 0. The van der Waals surface area contributed by atoms with E-state index in [0.29, 0.717) is 18.9 Å². The van der Waals surface area contributed by atoms with Crippen LogP contribution in [0.1, 0.15) is 45.4 Å². The van der Waals surface area contributed by atoms with E-state index in [-0.39, 0.29) is 25.2 Å². The van der Waals surface area contributed by atoms with Crippen LogP contribution >= 0.6 is 0 Å². The minimum Gasteiger partial charge on any atom is -0.480 e. The van der Waals surface area contributed by atoms with Crippen molar-refractivity contribution in [2.24, 2.45) is 17.4 Å². The second-order valence-electron chi connectivity index (χ2n) is 4.85. The van der Waals surface area contributed by atoms with Crippen LogP contribution in [0.15, 0.2) is 0 Å². The highest BCUT2D eigenvalue weighted by molar-refractivity contribution is 5.84. The molecule has 0 saturated heterocycles. The van der Waals surface area contributed by atoms with E-state index in [1.165, 1.54) is 0 Å². The first-order chi connectivity index (χ1) is 9.40. The summed E-state index contributed by atoms with van der Waals surface area (Å²) in [5, 5.41) is 11.4. The monoisotopic (exact) mass is 287 g/mol. The zero-order valence-electron chi connectivity index (χ0n) is 11.9. The lowest BCUT2D eigenvalue weighted by molar-refractivity contribution is -0.142. The number of nitrogens with one attached hydrogen (secondary N) is 1. The van der Waals surface area contributed by atoms with E-state index >= 15 is 0 Å². The molecule has 2 amide bonds. The number of amides is 2. The van der Waals surface area contributed by atoms with E-state index in [4.69, 9.17) is 16.6 Å². The molecule has 0 rings (SSSR count). The lowest BCUT2D eigenvalue weighted by Gasteiger charge is -2.16. The predicted molar refractivity (Wildman–Crippen MR) is 74.7 cm³/mol. The standard InChI is InChI=1S/C13H25N3O4/c1-2-9(7-8-14)3-6-12(18)16-10(13(19)20)4-5-11(15)17/h9-10H,2-8,14H2,1H3,(H2,15,17)(H,16,18)(H,19,20)/t9?,10-/m1/s1. The summed E-state index contributed by atoms with van der Waals surface area (Å²) in [7, 11) is 0. The van der Waals surface area contributed by atoms with Crippen LogP contribution in [0.4, 0.5) is 0 Å². The van der Waals surface area contributed by atoms with Crippen LogP contribution in [0.2, 0.25) is 0 Å². The van der Waals surface area contributed by atoms with Crippen LogP contribution in [-0.4, -0.2) is 35.5 Å². The third kappa shape index (κ3) is 8.47. The fourth-order valence-corrected chi connectivity index (χ4v) is 1.93. The molecule has 0 aromatic carbocycles. The number of carboxylic acid groups (broad SMARTS) is 1. The van der Waals surface area contributed by atoms with Crippen LogP contribution in [0.3, 0.4) is 0 Å². The Bertz CT molecular complexity index is 334. The van der Waals surface area contributed by atoms with Gasteiger partial charge >= 0.3 is 5.97 Å². The molecular weight excluding hydrogens is 262 g/mol. The van der Waals surface area contributed by atoms with Crippen LogP contribution in [0, 0.1) is 5.92 Å². The van der Waals surface area contributed by atoms with Gasteiger partial charge in [0.15, 0.2) is 0 Å².